The number of aliphatic hydroxyl groups excluding tert-OH is 1. The Hall–Kier alpha value is -1.12. The molecular weight excluding hydrogens is 271 g/mol. The summed E-state index contributed by atoms with van der Waals surface area (Å²) >= 11 is 0. The van der Waals surface area contributed by atoms with Gasteiger partial charge in [-0.25, -0.2) is 13.1 Å². The number of rotatable bonds is 4. The second-order valence-electron chi connectivity index (χ2n) is 3.72. The van der Waals surface area contributed by atoms with Crippen molar-refractivity contribution in [1.82, 2.24) is 4.72 Å². The molecular formula is C10H12F3NO3S. The minimum Gasteiger partial charge on any atom is -0.392 e. The molecule has 0 fully saturated rings. The van der Waals surface area contributed by atoms with Crippen LogP contribution in [-0.2, 0) is 16.2 Å². The summed E-state index contributed by atoms with van der Waals surface area (Å²) in [6.07, 6.45) is -5.38. The second-order valence-corrected chi connectivity index (χ2v) is 5.49. The van der Waals surface area contributed by atoms with Crippen molar-refractivity contribution in [3.05, 3.63) is 29.8 Å². The molecule has 0 aliphatic heterocycles. The third-order valence-corrected chi connectivity index (χ3v) is 3.50. The van der Waals surface area contributed by atoms with E-state index in [9.17, 15) is 21.6 Å². The van der Waals surface area contributed by atoms with E-state index in [-0.39, 0.29) is 11.4 Å². The maximum absolute atomic E-state index is 12.3. The topological polar surface area (TPSA) is 66.4 Å². The first-order valence-corrected chi connectivity index (χ1v) is 6.46. The van der Waals surface area contributed by atoms with Crippen LogP contribution in [0.15, 0.2) is 29.2 Å². The SMILES string of the molecule is C[C@@H](O)CNS(=O)(=O)c1ccc(C(F)(F)F)cc1. The Labute approximate surface area is 102 Å². The summed E-state index contributed by atoms with van der Waals surface area (Å²) in [5, 5.41) is 8.94. The molecule has 0 aliphatic carbocycles. The average molecular weight is 283 g/mol. The van der Waals surface area contributed by atoms with E-state index in [1.54, 1.807) is 0 Å². The van der Waals surface area contributed by atoms with Crippen molar-refractivity contribution in [3.63, 3.8) is 0 Å². The van der Waals surface area contributed by atoms with Gasteiger partial charge in [0.25, 0.3) is 0 Å². The zero-order chi connectivity index (χ0) is 14.0. The summed E-state index contributed by atoms with van der Waals surface area (Å²) < 4.78 is 62.1. The molecule has 0 aromatic heterocycles. The number of hydrogen-bond donors (Lipinski definition) is 2. The molecule has 0 saturated carbocycles. The normalized spacial score (nSPS) is 14.5. The van der Waals surface area contributed by atoms with Gasteiger partial charge >= 0.3 is 6.18 Å². The van der Waals surface area contributed by atoms with E-state index in [1.807, 2.05) is 0 Å². The van der Waals surface area contributed by atoms with Crippen LogP contribution >= 0.6 is 0 Å². The summed E-state index contributed by atoms with van der Waals surface area (Å²) in [7, 11) is -3.89. The lowest BCUT2D eigenvalue weighted by atomic mass is 10.2. The molecule has 0 bridgehead atoms. The van der Waals surface area contributed by atoms with Crippen LogP contribution in [0.5, 0.6) is 0 Å². The first kappa shape index (κ1) is 14.9. The molecule has 18 heavy (non-hydrogen) atoms. The maximum Gasteiger partial charge on any atom is 0.416 e. The Kier molecular flexibility index (Phi) is 4.36. The Bertz CT molecular complexity index is 494. The molecule has 0 saturated heterocycles. The van der Waals surface area contributed by atoms with Gasteiger partial charge in [-0.15, -0.1) is 0 Å². The summed E-state index contributed by atoms with van der Waals surface area (Å²) in [5.41, 5.74) is -0.919. The van der Waals surface area contributed by atoms with Crippen molar-refractivity contribution in [2.24, 2.45) is 0 Å². The van der Waals surface area contributed by atoms with E-state index in [4.69, 9.17) is 5.11 Å². The Morgan fingerprint density at radius 3 is 2.17 bits per heavy atom. The van der Waals surface area contributed by atoms with Crippen molar-refractivity contribution in [2.75, 3.05) is 6.54 Å². The highest BCUT2D eigenvalue weighted by molar-refractivity contribution is 7.89. The molecule has 2 N–H and O–H groups in total. The molecule has 0 amide bonds. The van der Waals surface area contributed by atoms with E-state index in [2.05, 4.69) is 4.72 Å². The van der Waals surface area contributed by atoms with Gasteiger partial charge in [0.15, 0.2) is 0 Å². The minimum atomic E-state index is -4.50. The zero-order valence-corrected chi connectivity index (χ0v) is 10.2. The van der Waals surface area contributed by atoms with Gasteiger partial charge in [0.2, 0.25) is 10.0 Å². The van der Waals surface area contributed by atoms with E-state index in [0.29, 0.717) is 12.1 Å². The number of sulfonamides is 1. The van der Waals surface area contributed by atoms with Crippen LogP contribution < -0.4 is 4.72 Å². The largest absolute Gasteiger partial charge is 0.416 e. The smallest absolute Gasteiger partial charge is 0.392 e. The quantitative estimate of drug-likeness (QED) is 0.877. The van der Waals surface area contributed by atoms with E-state index >= 15 is 0 Å². The second kappa shape index (κ2) is 5.25. The van der Waals surface area contributed by atoms with Crippen molar-refractivity contribution in [3.8, 4) is 0 Å². The van der Waals surface area contributed by atoms with Gasteiger partial charge in [-0.1, -0.05) is 0 Å². The fourth-order valence-electron chi connectivity index (χ4n) is 1.14. The standard InChI is InChI=1S/C10H12F3NO3S/c1-7(15)6-14-18(16,17)9-4-2-8(3-5-9)10(11,12)13/h2-5,7,14-15H,6H2,1H3/t7-/m1/s1. The van der Waals surface area contributed by atoms with Crippen LogP contribution in [0.1, 0.15) is 12.5 Å². The third kappa shape index (κ3) is 3.97. The predicted octanol–water partition coefficient (Wildman–Crippen LogP) is 1.36. The lowest BCUT2D eigenvalue weighted by Gasteiger charge is -2.10. The molecule has 102 valence electrons. The molecule has 0 unspecified atom stereocenters. The molecule has 0 heterocycles. The Balaban J connectivity index is 2.91. The number of benzene rings is 1. The fraction of sp³-hybridized carbons (Fsp3) is 0.400. The Morgan fingerprint density at radius 1 is 1.28 bits per heavy atom. The molecule has 0 aliphatic rings. The number of hydrogen-bond acceptors (Lipinski definition) is 3. The number of halogens is 3. The average Bonchev–Trinajstić information content (AvgIpc) is 2.26. The van der Waals surface area contributed by atoms with Crippen molar-refractivity contribution in [1.29, 1.82) is 0 Å². The van der Waals surface area contributed by atoms with Crippen LogP contribution in [0.4, 0.5) is 13.2 Å². The van der Waals surface area contributed by atoms with Gasteiger partial charge in [-0.3, -0.25) is 0 Å². The maximum atomic E-state index is 12.3. The van der Waals surface area contributed by atoms with E-state index < -0.39 is 27.9 Å². The molecule has 8 heteroatoms. The van der Waals surface area contributed by atoms with Crippen LogP contribution in [0.3, 0.4) is 0 Å². The van der Waals surface area contributed by atoms with Gasteiger partial charge in [0, 0.05) is 6.54 Å². The molecule has 4 nitrogen and oxygen atoms in total. The van der Waals surface area contributed by atoms with Crippen LogP contribution in [0, 0.1) is 0 Å². The van der Waals surface area contributed by atoms with Crippen molar-refractivity contribution >= 4 is 10.0 Å². The van der Waals surface area contributed by atoms with Crippen LogP contribution in [-0.4, -0.2) is 26.2 Å². The molecule has 1 aromatic rings. The number of nitrogens with one attached hydrogen (secondary N) is 1. The number of alkyl halides is 3. The highest BCUT2D eigenvalue weighted by atomic mass is 32.2. The highest BCUT2D eigenvalue weighted by Gasteiger charge is 2.30. The van der Waals surface area contributed by atoms with E-state index in [0.717, 1.165) is 12.1 Å². The van der Waals surface area contributed by atoms with Gasteiger partial charge in [0.05, 0.1) is 16.6 Å². The van der Waals surface area contributed by atoms with Gasteiger partial charge in [-0.2, -0.15) is 13.2 Å². The summed E-state index contributed by atoms with van der Waals surface area (Å²) in [5.74, 6) is 0. The first-order valence-electron chi connectivity index (χ1n) is 4.98. The van der Waals surface area contributed by atoms with Crippen LogP contribution in [0.25, 0.3) is 0 Å². The van der Waals surface area contributed by atoms with Crippen LogP contribution in [0.2, 0.25) is 0 Å². The monoisotopic (exact) mass is 283 g/mol. The summed E-state index contributed by atoms with van der Waals surface area (Å²) in [6, 6.07) is 3.12. The molecule has 0 radical (unpaired) electrons. The molecule has 1 atom stereocenters. The van der Waals surface area contributed by atoms with Gasteiger partial charge < -0.3 is 5.11 Å². The summed E-state index contributed by atoms with van der Waals surface area (Å²) in [4.78, 5) is -0.281. The third-order valence-electron chi connectivity index (χ3n) is 2.06. The predicted molar refractivity (Wildman–Crippen MR) is 58.3 cm³/mol. The highest BCUT2D eigenvalue weighted by Crippen LogP contribution is 2.29. The number of aliphatic hydroxyl groups is 1. The van der Waals surface area contributed by atoms with Gasteiger partial charge in [-0.05, 0) is 31.2 Å². The molecule has 1 rings (SSSR count). The lowest BCUT2D eigenvalue weighted by molar-refractivity contribution is -0.137. The van der Waals surface area contributed by atoms with Crippen molar-refractivity contribution in [2.45, 2.75) is 24.1 Å². The Morgan fingerprint density at radius 2 is 1.78 bits per heavy atom. The zero-order valence-electron chi connectivity index (χ0n) is 9.40. The summed E-state index contributed by atoms with van der Waals surface area (Å²) in [6.45, 7) is 1.18. The fourth-order valence-corrected chi connectivity index (χ4v) is 2.26. The van der Waals surface area contributed by atoms with E-state index in [1.165, 1.54) is 6.92 Å². The molecule has 1 aromatic carbocycles. The first-order chi connectivity index (χ1) is 8.13. The molecule has 0 spiro atoms. The minimum absolute atomic E-state index is 0.205. The van der Waals surface area contributed by atoms with Crippen molar-refractivity contribution < 1.29 is 26.7 Å². The lowest BCUT2D eigenvalue weighted by Crippen LogP contribution is -2.30. The van der Waals surface area contributed by atoms with Gasteiger partial charge in [0.1, 0.15) is 0 Å².